The number of hydrogen-bond acceptors (Lipinski definition) is 9. The fourth-order valence-electron chi connectivity index (χ4n) is 3.52. The van der Waals surface area contributed by atoms with Crippen LogP contribution in [0.4, 0.5) is 0 Å². The molecule has 4 atom stereocenters. The van der Waals surface area contributed by atoms with Gasteiger partial charge in [-0.15, -0.1) is 0 Å². The summed E-state index contributed by atoms with van der Waals surface area (Å²) < 4.78 is 0. The van der Waals surface area contributed by atoms with Crippen LogP contribution in [-0.4, -0.2) is 76.4 Å². The summed E-state index contributed by atoms with van der Waals surface area (Å²) in [5.41, 5.74) is 22.4. The van der Waals surface area contributed by atoms with Crippen LogP contribution in [0.3, 0.4) is 0 Å². The molecule has 15 nitrogen and oxygen atoms in total. The summed E-state index contributed by atoms with van der Waals surface area (Å²) in [6.45, 7) is 0.331. The van der Waals surface area contributed by atoms with E-state index in [1.165, 1.54) is 12.1 Å². The van der Waals surface area contributed by atoms with E-state index in [9.17, 15) is 39.0 Å². The van der Waals surface area contributed by atoms with Crippen molar-refractivity contribution in [2.24, 2.45) is 22.9 Å². The van der Waals surface area contributed by atoms with E-state index in [0.717, 1.165) is 0 Å². The number of carbonyl (C=O) groups excluding carboxylic acids is 5. The van der Waals surface area contributed by atoms with E-state index < -0.39 is 66.1 Å². The van der Waals surface area contributed by atoms with Crippen molar-refractivity contribution in [2.45, 2.75) is 69.1 Å². The van der Waals surface area contributed by atoms with Crippen molar-refractivity contribution in [3.8, 4) is 5.75 Å². The molecule has 0 fully saturated rings. The summed E-state index contributed by atoms with van der Waals surface area (Å²) in [6.07, 6.45) is -0.163. The maximum Gasteiger partial charge on any atom is 0.326 e. The van der Waals surface area contributed by atoms with Crippen LogP contribution in [0.5, 0.6) is 5.75 Å². The molecule has 0 spiro atoms. The summed E-state index contributed by atoms with van der Waals surface area (Å²) in [7, 11) is 0. The molecule has 1 aromatic rings. The number of unbranched alkanes of at least 4 members (excludes halogenated alkanes) is 1. The van der Waals surface area contributed by atoms with Gasteiger partial charge in [-0.1, -0.05) is 12.1 Å². The van der Waals surface area contributed by atoms with Crippen LogP contribution < -0.4 is 38.9 Å². The largest absolute Gasteiger partial charge is 0.508 e. The molecular weight excluding hydrogens is 514 g/mol. The Labute approximate surface area is 225 Å². The minimum absolute atomic E-state index is 0.0275. The Hall–Kier alpha value is -4.24. The number of phenolic OH excluding ortho intramolecular Hbond substituents is 1. The molecule has 0 aliphatic carbocycles. The number of nitrogens with two attached hydrogens (primary N) is 4. The normalized spacial score (nSPS) is 13.8. The maximum absolute atomic E-state index is 13.0. The molecule has 4 unspecified atom stereocenters. The van der Waals surface area contributed by atoms with Crippen molar-refractivity contribution >= 4 is 35.5 Å². The van der Waals surface area contributed by atoms with Crippen molar-refractivity contribution in [1.82, 2.24) is 16.0 Å². The number of carboxylic acid groups (broad SMARTS) is 1. The lowest BCUT2D eigenvalue weighted by molar-refractivity contribution is -0.142. The SMILES string of the molecule is NCCCCC(NC(=O)C(CC(N)=O)NC(=O)C(CCC(N)=O)NC(=O)C(N)Cc1ccc(O)cc1)C(=O)O. The van der Waals surface area contributed by atoms with Crippen molar-refractivity contribution in [2.75, 3.05) is 6.54 Å². The Balaban J connectivity index is 2.99. The van der Waals surface area contributed by atoms with Gasteiger partial charge in [0.15, 0.2) is 0 Å². The second-order valence-electron chi connectivity index (χ2n) is 8.96. The highest BCUT2D eigenvalue weighted by molar-refractivity contribution is 5.96. The zero-order valence-corrected chi connectivity index (χ0v) is 21.4. The number of rotatable bonds is 18. The molecule has 0 aromatic heterocycles. The smallest absolute Gasteiger partial charge is 0.326 e. The first-order chi connectivity index (χ1) is 18.3. The number of benzene rings is 1. The molecule has 0 saturated carbocycles. The average molecular weight is 552 g/mol. The number of carboxylic acids is 1. The van der Waals surface area contributed by atoms with Gasteiger partial charge in [0, 0.05) is 6.42 Å². The third-order valence-electron chi connectivity index (χ3n) is 5.64. The summed E-state index contributed by atoms with van der Waals surface area (Å²) in [4.78, 5) is 73.0. The molecule has 13 N–H and O–H groups in total. The quantitative estimate of drug-likeness (QED) is 0.0837. The highest BCUT2D eigenvalue weighted by atomic mass is 16.4. The molecule has 15 heteroatoms. The molecule has 0 bridgehead atoms. The number of phenols is 1. The molecule has 1 rings (SSSR count). The van der Waals surface area contributed by atoms with Crippen LogP contribution in [-0.2, 0) is 35.2 Å². The van der Waals surface area contributed by atoms with Gasteiger partial charge in [-0.05, 0) is 56.3 Å². The van der Waals surface area contributed by atoms with E-state index in [2.05, 4.69) is 16.0 Å². The van der Waals surface area contributed by atoms with Gasteiger partial charge >= 0.3 is 5.97 Å². The van der Waals surface area contributed by atoms with Crippen molar-refractivity contribution in [3.63, 3.8) is 0 Å². The average Bonchev–Trinajstić information content (AvgIpc) is 2.86. The summed E-state index contributed by atoms with van der Waals surface area (Å²) >= 11 is 0. The first-order valence-corrected chi connectivity index (χ1v) is 12.3. The summed E-state index contributed by atoms with van der Waals surface area (Å²) in [6, 6.07) is 0.595. The Bertz CT molecular complexity index is 1020. The number of primary amides is 2. The summed E-state index contributed by atoms with van der Waals surface area (Å²) in [5, 5.41) is 25.8. The molecule has 0 saturated heterocycles. The van der Waals surface area contributed by atoms with Gasteiger partial charge in [-0.25, -0.2) is 4.79 Å². The predicted molar refractivity (Wildman–Crippen MR) is 138 cm³/mol. The van der Waals surface area contributed by atoms with Gasteiger partial charge in [0.25, 0.3) is 0 Å². The van der Waals surface area contributed by atoms with Gasteiger partial charge in [0.1, 0.15) is 23.9 Å². The monoisotopic (exact) mass is 551 g/mol. The number of carbonyl (C=O) groups is 6. The van der Waals surface area contributed by atoms with E-state index in [0.29, 0.717) is 24.9 Å². The molecule has 5 amide bonds. The van der Waals surface area contributed by atoms with Crippen LogP contribution in [0.15, 0.2) is 24.3 Å². The fourth-order valence-corrected chi connectivity index (χ4v) is 3.52. The lowest BCUT2D eigenvalue weighted by atomic mass is 10.0. The lowest BCUT2D eigenvalue weighted by Gasteiger charge is -2.24. The van der Waals surface area contributed by atoms with Crippen LogP contribution in [0, 0.1) is 0 Å². The molecule has 0 radical (unpaired) electrons. The first-order valence-electron chi connectivity index (χ1n) is 12.3. The summed E-state index contributed by atoms with van der Waals surface area (Å²) in [5.74, 6) is -5.69. The van der Waals surface area contributed by atoms with Gasteiger partial charge < -0.3 is 49.1 Å². The van der Waals surface area contributed by atoms with E-state index in [1.807, 2.05) is 0 Å². The Kier molecular flexibility index (Phi) is 13.9. The Morgan fingerprint density at radius 3 is 1.87 bits per heavy atom. The van der Waals surface area contributed by atoms with Crippen LogP contribution in [0.1, 0.15) is 44.1 Å². The minimum atomic E-state index is -1.56. The number of hydrogen-bond donors (Lipinski definition) is 9. The molecule has 216 valence electrons. The highest BCUT2D eigenvalue weighted by Crippen LogP contribution is 2.11. The number of amides is 5. The minimum Gasteiger partial charge on any atom is -0.508 e. The molecule has 0 aliphatic rings. The second kappa shape index (κ2) is 16.6. The maximum atomic E-state index is 13.0. The third kappa shape index (κ3) is 12.7. The number of aliphatic carboxylic acids is 1. The van der Waals surface area contributed by atoms with Gasteiger partial charge in [0.2, 0.25) is 29.5 Å². The first kappa shape index (κ1) is 32.8. The second-order valence-corrected chi connectivity index (χ2v) is 8.96. The van der Waals surface area contributed by atoms with Crippen LogP contribution >= 0.6 is 0 Å². The van der Waals surface area contributed by atoms with Crippen LogP contribution in [0.25, 0.3) is 0 Å². The number of nitrogens with one attached hydrogen (secondary N) is 3. The highest BCUT2D eigenvalue weighted by Gasteiger charge is 2.31. The van der Waals surface area contributed by atoms with Crippen LogP contribution in [0.2, 0.25) is 0 Å². The molecule has 1 aromatic carbocycles. The zero-order valence-electron chi connectivity index (χ0n) is 21.4. The Morgan fingerprint density at radius 1 is 0.769 bits per heavy atom. The fraction of sp³-hybridized carbons (Fsp3) is 0.500. The van der Waals surface area contributed by atoms with E-state index in [4.69, 9.17) is 22.9 Å². The predicted octanol–water partition coefficient (Wildman–Crippen LogP) is -2.93. The topological polar surface area (TPSA) is 283 Å². The zero-order chi connectivity index (χ0) is 29.5. The molecule has 0 heterocycles. The van der Waals surface area contributed by atoms with E-state index in [-0.39, 0.29) is 31.4 Å². The van der Waals surface area contributed by atoms with Gasteiger partial charge in [0.05, 0.1) is 12.5 Å². The van der Waals surface area contributed by atoms with Gasteiger partial charge in [-0.3, -0.25) is 24.0 Å². The van der Waals surface area contributed by atoms with Crippen molar-refractivity contribution < 1.29 is 39.0 Å². The van der Waals surface area contributed by atoms with E-state index >= 15 is 0 Å². The molecule has 0 aliphatic heterocycles. The molecule has 39 heavy (non-hydrogen) atoms. The van der Waals surface area contributed by atoms with Crippen molar-refractivity contribution in [1.29, 1.82) is 0 Å². The Morgan fingerprint density at radius 2 is 1.33 bits per heavy atom. The number of aromatic hydroxyl groups is 1. The van der Waals surface area contributed by atoms with E-state index in [1.54, 1.807) is 12.1 Å². The lowest BCUT2D eigenvalue weighted by Crippen LogP contribution is -2.58. The standard InChI is InChI=1S/C24H37N7O8/c25-10-2-1-3-17(24(38)39)30-23(37)18(12-20(28)34)31-22(36)16(8-9-19(27)33)29-21(35)15(26)11-13-4-6-14(32)7-5-13/h4-7,15-18,32H,1-3,8-12,25-26H2,(H2,27,33)(H2,28,34)(H,29,35)(H,30,37)(H,31,36)(H,38,39). The third-order valence-corrected chi connectivity index (χ3v) is 5.64. The van der Waals surface area contributed by atoms with Crippen molar-refractivity contribution in [3.05, 3.63) is 29.8 Å². The molecular formula is C24H37N7O8. The van der Waals surface area contributed by atoms with Gasteiger partial charge in [-0.2, -0.15) is 0 Å².